The lowest BCUT2D eigenvalue weighted by Gasteiger charge is -2.37. The highest BCUT2D eigenvalue weighted by Crippen LogP contribution is 2.24. The van der Waals surface area contributed by atoms with Gasteiger partial charge in [-0.25, -0.2) is 0 Å². The lowest BCUT2D eigenvalue weighted by atomic mass is 9.96. The third kappa shape index (κ3) is 3.92. The number of methoxy groups -OCH3 is 1. The Balaban J connectivity index is 1.64. The van der Waals surface area contributed by atoms with Gasteiger partial charge in [-0.15, -0.1) is 0 Å². The first-order chi connectivity index (χ1) is 11.8. The first-order valence-electron chi connectivity index (χ1n) is 8.39. The van der Waals surface area contributed by atoms with Gasteiger partial charge in [-0.05, 0) is 23.1 Å². The number of likely N-dealkylation sites (tertiary alicyclic amines) is 1. The number of carbonyl (C=O) groups is 1. The minimum atomic E-state index is -0.0870. The molecule has 0 spiro atoms. The molecular weight excluding hydrogens is 298 g/mol. The lowest BCUT2D eigenvalue weighted by Crippen LogP contribution is -2.50. The Bertz CT molecular complexity index is 647. The molecule has 3 nitrogen and oxygen atoms in total. The van der Waals surface area contributed by atoms with Crippen molar-refractivity contribution in [3.63, 3.8) is 0 Å². The van der Waals surface area contributed by atoms with E-state index in [1.165, 1.54) is 23.8 Å². The second-order valence-electron chi connectivity index (χ2n) is 6.12. The van der Waals surface area contributed by atoms with E-state index in [1.807, 2.05) is 12.1 Å². The van der Waals surface area contributed by atoms with E-state index in [0.717, 1.165) is 26.1 Å². The summed E-state index contributed by atoms with van der Waals surface area (Å²) in [5, 5.41) is 0. The van der Waals surface area contributed by atoms with Gasteiger partial charge in [0.1, 0.15) is 0 Å². The second-order valence-corrected chi connectivity index (χ2v) is 6.12. The molecule has 1 heterocycles. The molecule has 124 valence electrons. The first-order valence-corrected chi connectivity index (χ1v) is 8.39. The Kier molecular flexibility index (Phi) is 5.44. The minimum absolute atomic E-state index is 0.0571. The van der Waals surface area contributed by atoms with Crippen molar-refractivity contribution in [3.05, 3.63) is 77.9 Å². The van der Waals surface area contributed by atoms with Gasteiger partial charge in [0, 0.05) is 19.6 Å². The number of hydrogen-bond acceptors (Lipinski definition) is 3. The van der Waals surface area contributed by atoms with Crippen molar-refractivity contribution in [1.82, 2.24) is 4.90 Å². The molecule has 0 atom stereocenters. The summed E-state index contributed by atoms with van der Waals surface area (Å²) in [7, 11) is 1.46. The van der Waals surface area contributed by atoms with Crippen LogP contribution in [0.5, 0.6) is 0 Å². The molecule has 1 aliphatic rings. The molecule has 0 radical (unpaired) electrons. The van der Waals surface area contributed by atoms with Gasteiger partial charge in [0.2, 0.25) is 0 Å². The van der Waals surface area contributed by atoms with Crippen molar-refractivity contribution in [2.45, 2.75) is 6.42 Å². The molecule has 0 aliphatic carbocycles. The van der Waals surface area contributed by atoms with Gasteiger partial charge in [-0.1, -0.05) is 66.7 Å². The topological polar surface area (TPSA) is 29.5 Å². The van der Waals surface area contributed by atoms with Crippen molar-refractivity contribution < 1.29 is 9.53 Å². The van der Waals surface area contributed by atoms with Crippen LogP contribution in [-0.4, -0.2) is 37.6 Å². The Morgan fingerprint density at radius 3 is 2.08 bits per heavy atom. The van der Waals surface area contributed by atoms with E-state index in [0.29, 0.717) is 0 Å². The maximum atomic E-state index is 11.4. The molecular formula is C21H23NO2. The molecule has 1 fully saturated rings. The number of esters is 1. The van der Waals surface area contributed by atoms with Gasteiger partial charge in [0.15, 0.2) is 0 Å². The standard InChI is InChI=1S/C21H23NO2/c1-24-21(23)19-15-22(16-19)14-8-13-20(17-9-4-2-5-10-17)18-11-6-3-7-12-18/h2-7,9-13,19H,8,14-16H2,1H3. The summed E-state index contributed by atoms with van der Waals surface area (Å²) in [4.78, 5) is 13.7. The quantitative estimate of drug-likeness (QED) is 0.761. The zero-order valence-corrected chi connectivity index (χ0v) is 14.0. The summed E-state index contributed by atoms with van der Waals surface area (Å²) in [6, 6.07) is 21.0. The maximum Gasteiger partial charge on any atom is 0.311 e. The zero-order valence-electron chi connectivity index (χ0n) is 14.0. The molecule has 2 aromatic rings. The first kappa shape index (κ1) is 16.5. The second kappa shape index (κ2) is 7.93. The van der Waals surface area contributed by atoms with Crippen LogP contribution in [-0.2, 0) is 9.53 Å². The molecule has 0 aromatic heterocycles. The van der Waals surface area contributed by atoms with Gasteiger partial charge >= 0.3 is 5.97 Å². The number of nitrogens with zero attached hydrogens (tertiary/aromatic N) is 1. The van der Waals surface area contributed by atoms with E-state index in [-0.39, 0.29) is 11.9 Å². The third-order valence-corrected chi connectivity index (χ3v) is 4.46. The summed E-state index contributed by atoms with van der Waals surface area (Å²) in [5.41, 5.74) is 3.74. The molecule has 24 heavy (non-hydrogen) atoms. The SMILES string of the molecule is COC(=O)C1CN(CCC=C(c2ccccc2)c2ccccc2)C1. The molecule has 2 aromatic carbocycles. The molecule has 1 aliphatic heterocycles. The monoisotopic (exact) mass is 321 g/mol. The number of ether oxygens (including phenoxy) is 1. The molecule has 3 rings (SSSR count). The molecule has 0 unspecified atom stereocenters. The Morgan fingerprint density at radius 2 is 1.58 bits per heavy atom. The highest BCUT2D eigenvalue weighted by atomic mass is 16.5. The molecule has 0 bridgehead atoms. The van der Waals surface area contributed by atoms with Crippen molar-refractivity contribution >= 4 is 11.5 Å². The van der Waals surface area contributed by atoms with Crippen molar-refractivity contribution in [2.24, 2.45) is 5.92 Å². The normalized spacial score (nSPS) is 14.7. The van der Waals surface area contributed by atoms with Crippen LogP contribution in [0.25, 0.3) is 5.57 Å². The van der Waals surface area contributed by atoms with Crippen LogP contribution in [0.2, 0.25) is 0 Å². The predicted octanol–water partition coefficient (Wildman–Crippen LogP) is 3.61. The van der Waals surface area contributed by atoms with E-state index in [2.05, 4.69) is 59.5 Å². The van der Waals surface area contributed by atoms with Crippen molar-refractivity contribution in [1.29, 1.82) is 0 Å². The molecule has 3 heteroatoms. The number of benzene rings is 2. The van der Waals surface area contributed by atoms with E-state index < -0.39 is 0 Å². The smallest absolute Gasteiger partial charge is 0.311 e. The predicted molar refractivity (Wildman–Crippen MR) is 96.5 cm³/mol. The number of carbonyl (C=O) groups excluding carboxylic acids is 1. The summed E-state index contributed by atoms with van der Waals surface area (Å²) >= 11 is 0. The summed E-state index contributed by atoms with van der Waals surface area (Å²) < 4.78 is 4.78. The zero-order chi connectivity index (χ0) is 16.8. The average molecular weight is 321 g/mol. The minimum Gasteiger partial charge on any atom is -0.469 e. The molecule has 1 saturated heterocycles. The Hall–Kier alpha value is -2.39. The van der Waals surface area contributed by atoms with Crippen LogP contribution < -0.4 is 0 Å². The molecule has 0 N–H and O–H groups in total. The summed E-state index contributed by atoms with van der Waals surface area (Å²) in [6.45, 7) is 2.59. The van der Waals surface area contributed by atoms with Gasteiger partial charge in [0.05, 0.1) is 13.0 Å². The van der Waals surface area contributed by atoms with Crippen LogP contribution in [0.4, 0.5) is 0 Å². The highest BCUT2D eigenvalue weighted by Gasteiger charge is 2.32. The van der Waals surface area contributed by atoms with Gasteiger partial charge < -0.3 is 9.64 Å². The maximum absolute atomic E-state index is 11.4. The van der Waals surface area contributed by atoms with E-state index in [1.54, 1.807) is 0 Å². The van der Waals surface area contributed by atoms with Crippen molar-refractivity contribution in [3.8, 4) is 0 Å². The number of hydrogen-bond donors (Lipinski definition) is 0. The van der Waals surface area contributed by atoms with E-state index in [4.69, 9.17) is 4.74 Å². The van der Waals surface area contributed by atoms with Crippen LogP contribution >= 0.6 is 0 Å². The van der Waals surface area contributed by atoms with Crippen LogP contribution in [0.3, 0.4) is 0 Å². The van der Waals surface area contributed by atoms with Crippen LogP contribution in [0.15, 0.2) is 66.7 Å². The highest BCUT2D eigenvalue weighted by molar-refractivity contribution is 5.79. The fraction of sp³-hybridized carbons (Fsp3) is 0.286. The van der Waals surface area contributed by atoms with Crippen LogP contribution in [0.1, 0.15) is 17.5 Å². The molecule has 0 amide bonds. The fourth-order valence-electron chi connectivity index (χ4n) is 3.10. The van der Waals surface area contributed by atoms with Gasteiger partial charge in [-0.3, -0.25) is 4.79 Å². The van der Waals surface area contributed by atoms with E-state index in [9.17, 15) is 4.79 Å². The molecule has 0 saturated carbocycles. The average Bonchev–Trinajstić information content (AvgIpc) is 2.61. The lowest BCUT2D eigenvalue weighted by molar-refractivity contribution is -0.151. The van der Waals surface area contributed by atoms with E-state index >= 15 is 0 Å². The van der Waals surface area contributed by atoms with Crippen LogP contribution in [0, 0.1) is 5.92 Å². The van der Waals surface area contributed by atoms with Gasteiger partial charge in [0.25, 0.3) is 0 Å². The van der Waals surface area contributed by atoms with Gasteiger partial charge in [-0.2, -0.15) is 0 Å². The summed E-state index contributed by atoms with van der Waals surface area (Å²) in [6.07, 6.45) is 3.27. The fourth-order valence-corrected chi connectivity index (χ4v) is 3.10. The summed E-state index contributed by atoms with van der Waals surface area (Å²) in [5.74, 6) is -0.0299. The largest absolute Gasteiger partial charge is 0.469 e. The third-order valence-electron chi connectivity index (χ3n) is 4.46. The number of rotatable bonds is 6. The Morgan fingerprint density at radius 1 is 1.04 bits per heavy atom. The van der Waals surface area contributed by atoms with Crippen molar-refractivity contribution in [2.75, 3.05) is 26.7 Å². The Labute approximate surface area is 143 Å².